The Morgan fingerprint density at radius 1 is 1.40 bits per heavy atom. The van der Waals surface area contributed by atoms with Crippen molar-refractivity contribution in [3.05, 3.63) is 54.5 Å². The van der Waals surface area contributed by atoms with Crippen LogP contribution in [0, 0.1) is 8.70 Å². The Kier molecular flexibility index (Phi) is 6.26. The predicted octanol–water partition coefficient (Wildman–Crippen LogP) is 5.43. The third kappa shape index (κ3) is 4.41. The molecule has 0 fully saturated rings. The molecule has 0 aliphatic rings. The highest BCUT2D eigenvalue weighted by Crippen LogP contribution is 2.28. The van der Waals surface area contributed by atoms with Crippen molar-refractivity contribution in [2.75, 3.05) is 6.54 Å². The summed E-state index contributed by atoms with van der Waals surface area (Å²) in [5.41, 5.74) is 2.25. The van der Waals surface area contributed by atoms with E-state index in [1.165, 1.54) is 20.6 Å². The zero-order valence-corrected chi connectivity index (χ0v) is 14.9. The molecule has 0 amide bonds. The van der Waals surface area contributed by atoms with Gasteiger partial charge in [0.1, 0.15) is 5.82 Å². The molecule has 20 heavy (non-hydrogen) atoms. The molecule has 1 N–H and O–H groups in total. The summed E-state index contributed by atoms with van der Waals surface area (Å²) in [6.45, 7) is 3.10. The lowest BCUT2D eigenvalue weighted by Gasteiger charge is -2.18. The maximum Gasteiger partial charge on any atom is 0.124 e. The predicted molar refractivity (Wildman–Crippen MR) is 93.2 cm³/mol. The Morgan fingerprint density at radius 3 is 2.80 bits per heavy atom. The Morgan fingerprint density at radius 2 is 2.20 bits per heavy atom. The first-order chi connectivity index (χ1) is 9.60. The molecule has 2 aromatic rings. The molecular weight excluding hydrogens is 408 g/mol. The molecule has 1 aromatic heterocycles. The summed E-state index contributed by atoms with van der Waals surface area (Å²) >= 11 is 10.2. The maximum absolute atomic E-state index is 13.1. The lowest BCUT2D eigenvalue weighted by molar-refractivity contribution is 0.530. The zero-order valence-electron chi connectivity index (χ0n) is 11.1. The minimum absolute atomic E-state index is 0.220. The van der Waals surface area contributed by atoms with Gasteiger partial charge in [0.25, 0.3) is 0 Å². The minimum Gasteiger partial charge on any atom is -0.310 e. The molecule has 1 nitrogen and oxygen atoms in total. The summed E-state index contributed by atoms with van der Waals surface area (Å²) in [6.07, 6.45) is 1.85. The second-order valence-electron chi connectivity index (χ2n) is 4.63. The summed E-state index contributed by atoms with van der Waals surface area (Å²) in [5.74, 6) is -0.290. The monoisotopic (exact) mass is 423 g/mol. The van der Waals surface area contributed by atoms with E-state index in [1.807, 2.05) is 0 Å². The highest BCUT2D eigenvalue weighted by molar-refractivity contribution is 14.1. The van der Waals surface area contributed by atoms with Gasteiger partial charge in [0, 0.05) is 11.1 Å². The van der Waals surface area contributed by atoms with Gasteiger partial charge in [0.2, 0.25) is 0 Å². The van der Waals surface area contributed by atoms with E-state index >= 15 is 0 Å². The van der Waals surface area contributed by atoms with Gasteiger partial charge in [-0.15, -0.1) is 11.3 Å². The van der Waals surface area contributed by atoms with Crippen LogP contribution >= 0.6 is 45.5 Å². The molecule has 0 saturated carbocycles. The van der Waals surface area contributed by atoms with Crippen LogP contribution in [0.15, 0.2) is 29.6 Å². The van der Waals surface area contributed by atoms with Crippen LogP contribution in [0.5, 0.6) is 0 Å². The van der Waals surface area contributed by atoms with Crippen LogP contribution in [0.2, 0.25) is 5.02 Å². The van der Waals surface area contributed by atoms with Gasteiger partial charge in [-0.1, -0.05) is 24.6 Å². The van der Waals surface area contributed by atoms with Crippen molar-refractivity contribution in [3.8, 4) is 0 Å². The molecule has 0 bridgehead atoms. The Balaban J connectivity index is 2.18. The third-order valence-corrected chi connectivity index (χ3v) is 5.23. The van der Waals surface area contributed by atoms with Gasteiger partial charge in [-0.25, -0.2) is 4.39 Å². The van der Waals surface area contributed by atoms with Crippen molar-refractivity contribution in [1.29, 1.82) is 0 Å². The largest absolute Gasteiger partial charge is 0.310 e. The second-order valence-corrected chi connectivity index (χ2v) is 7.84. The first kappa shape index (κ1) is 16.2. The van der Waals surface area contributed by atoms with Gasteiger partial charge in [-0.2, -0.15) is 0 Å². The molecule has 0 spiro atoms. The normalized spacial score (nSPS) is 12.6. The van der Waals surface area contributed by atoms with Gasteiger partial charge < -0.3 is 5.32 Å². The molecule has 0 radical (unpaired) electrons. The van der Waals surface area contributed by atoms with Crippen molar-refractivity contribution in [3.63, 3.8) is 0 Å². The molecule has 1 atom stereocenters. The van der Waals surface area contributed by atoms with Crippen molar-refractivity contribution < 1.29 is 4.39 Å². The van der Waals surface area contributed by atoms with Gasteiger partial charge >= 0.3 is 0 Å². The van der Waals surface area contributed by atoms with Crippen LogP contribution in [0.3, 0.4) is 0 Å². The van der Waals surface area contributed by atoms with Crippen LogP contribution in [0.25, 0.3) is 0 Å². The topological polar surface area (TPSA) is 12.0 Å². The minimum atomic E-state index is -0.290. The molecule has 108 valence electrons. The number of halogens is 3. The third-order valence-electron chi connectivity index (χ3n) is 3.07. The van der Waals surface area contributed by atoms with Crippen molar-refractivity contribution in [1.82, 2.24) is 5.32 Å². The zero-order chi connectivity index (χ0) is 14.5. The smallest absolute Gasteiger partial charge is 0.124 e. The molecule has 1 unspecified atom stereocenters. The Hall–Kier alpha value is -0.170. The van der Waals surface area contributed by atoms with Crippen LogP contribution < -0.4 is 5.32 Å². The summed E-state index contributed by atoms with van der Waals surface area (Å²) in [7, 11) is 0. The molecule has 5 heteroatoms. The lowest BCUT2D eigenvalue weighted by atomic mass is 10.0. The molecule has 1 aromatic carbocycles. The molecule has 0 saturated heterocycles. The van der Waals surface area contributed by atoms with Crippen molar-refractivity contribution in [2.24, 2.45) is 0 Å². The van der Waals surface area contributed by atoms with E-state index in [9.17, 15) is 4.39 Å². The maximum atomic E-state index is 13.1. The standard InChI is InChI=1S/C15H16ClFINS/c1-2-5-19-14(11-7-15(18)20-9-11)6-10-3-4-12(17)8-13(10)16/h3-4,7-9,14,19H,2,5-6H2,1H3. The van der Waals surface area contributed by atoms with Gasteiger partial charge in [-0.3, -0.25) is 0 Å². The fourth-order valence-electron chi connectivity index (χ4n) is 2.04. The average molecular weight is 424 g/mol. The number of benzene rings is 1. The van der Waals surface area contributed by atoms with E-state index in [0.29, 0.717) is 5.02 Å². The molecule has 2 rings (SSSR count). The van der Waals surface area contributed by atoms with Crippen LogP contribution in [0.1, 0.15) is 30.5 Å². The first-order valence-corrected chi connectivity index (χ1v) is 8.85. The van der Waals surface area contributed by atoms with E-state index in [4.69, 9.17) is 11.6 Å². The molecular formula is C15H16ClFINS. The number of nitrogens with one attached hydrogen (secondary N) is 1. The van der Waals surface area contributed by atoms with Crippen LogP contribution in [0.4, 0.5) is 4.39 Å². The molecule has 0 aliphatic carbocycles. The highest BCUT2D eigenvalue weighted by Gasteiger charge is 2.15. The summed E-state index contributed by atoms with van der Waals surface area (Å²) < 4.78 is 14.4. The fraction of sp³-hybridized carbons (Fsp3) is 0.333. The Bertz CT molecular complexity index is 573. The summed E-state index contributed by atoms with van der Waals surface area (Å²) in [6, 6.07) is 7.03. The van der Waals surface area contributed by atoms with E-state index in [2.05, 4.69) is 46.3 Å². The average Bonchev–Trinajstić information content (AvgIpc) is 2.83. The van der Waals surface area contributed by atoms with Gasteiger partial charge in [0.15, 0.2) is 0 Å². The quantitative estimate of drug-likeness (QED) is 0.611. The van der Waals surface area contributed by atoms with Crippen LogP contribution in [-0.2, 0) is 6.42 Å². The van der Waals surface area contributed by atoms with Crippen LogP contribution in [-0.4, -0.2) is 6.54 Å². The summed E-state index contributed by atoms with van der Waals surface area (Å²) in [5, 5.41) is 6.21. The number of rotatable bonds is 6. The first-order valence-electron chi connectivity index (χ1n) is 6.51. The van der Waals surface area contributed by atoms with Crippen molar-refractivity contribution in [2.45, 2.75) is 25.8 Å². The molecule has 1 heterocycles. The van der Waals surface area contributed by atoms with E-state index in [1.54, 1.807) is 17.4 Å². The number of hydrogen-bond donors (Lipinski definition) is 1. The molecule has 0 aliphatic heterocycles. The highest BCUT2D eigenvalue weighted by atomic mass is 127. The Labute approximate surface area is 141 Å². The second kappa shape index (κ2) is 7.73. The SMILES string of the molecule is CCCNC(Cc1ccc(F)cc1Cl)c1csc(I)c1. The van der Waals surface area contributed by atoms with Gasteiger partial charge in [0.05, 0.1) is 2.88 Å². The summed E-state index contributed by atoms with van der Waals surface area (Å²) in [4.78, 5) is 0. The number of hydrogen-bond acceptors (Lipinski definition) is 2. The van der Waals surface area contributed by atoms with Gasteiger partial charge in [-0.05, 0) is 76.7 Å². The fourth-order valence-corrected chi connectivity index (χ4v) is 3.71. The van der Waals surface area contributed by atoms with E-state index in [0.717, 1.165) is 24.9 Å². The lowest BCUT2D eigenvalue weighted by Crippen LogP contribution is -2.23. The van der Waals surface area contributed by atoms with Crippen molar-refractivity contribution >= 4 is 45.5 Å². The van der Waals surface area contributed by atoms with E-state index in [-0.39, 0.29) is 11.9 Å². The number of thiophene rings is 1. The van der Waals surface area contributed by atoms with E-state index < -0.39 is 0 Å².